The molecule has 9 heteroatoms. The maximum Gasteiger partial charge on any atom is 0.420 e. The van der Waals surface area contributed by atoms with Crippen LogP contribution in [-0.4, -0.2) is 59.5 Å². The maximum atomic E-state index is 13.2. The molecule has 1 aliphatic rings. The van der Waals surface area contributed by atoms with Gasteiger partial charge in [0.15, 0.2) is 0 Å². The number of carbonyl (C=O) groups excluding carboxylic acids is 4. The third-order valence-corrected chi connectivity index (χ3v) is 4.92. The van der Waals surface area contributed by atoms with E-state index in [9.17, 15) is 19.2 Å². The first-order valence-corrected chi connectivity index (χ1v) is 11.5. The summed E-state index contributed by atoms with van der Waals surface area (Å²) in [5, 5.41) is 0. The smallest absolute Gasteiger partial charge is 0.420 e. The third-order valence-electron chi connectivity index (χ3n) is 4.92. The molecule has 0 aromatic carbocycles. The van der Waals surface area contributed by atoms with Crippen LogP contribution in [0, 0.1) is 17.8 Å². The van der Waals surface area contributed by atoms with Crippen LogP contribution >= 0.6 is 0 Å². The zero-order valence-corrected chi connectivity index (χ0v) is 21.6. The third kappa shape index (κ3) is 8.50. The fourth-order valence-corrected chi connectivity index (χ4v) is 3.79. The van der Waals surface area contributed by atoms with Crippen LogP contribution in [0.3, 0.4) is 0 Å². The Balaban J connectivity index is 3.56. The first-order valence-electron chi connectivity index (χ1n) is 11.5. The van der Waals surface area contributed by atoms with Gasteiger partial charge < -0.3 is 18.9 Å². The van der Waals surface area contributed by atoms with Gasteiger partial charge in [0.2, 0.25) is 0 Å². The molecule has 0 saturated heterocycles. The first kappa shape index (κ1) is 29.2. The van der Waals surface area contributed by atoms with Gasteiger partial charge in [-0.05, 0) is 73.6 Å². The number of ether oxygens (including phenoxy) is 4. The Bertz CT molecular complexity index is 762. The molecule has 1 rings (SSSR count). The lowest BCUT2D eigenvalue weighted by atomic mass is 9.91. The minimum Gasteiger partial charge on any atom is -0.466 e. The van der Waals surface area contributed by atoms with E-state index in [0.717, 1.165) is 4.90 Å². The molecule has 0 spiro atoms. The van der Waals surface area contributed by atoms with E-state index < -0.39 is 59.1 Å². The second kappa shape index (κ2) is 12.0. The number of esters is 2. The highest BCUT2D eigenvalue weighted by Crippen LogP contribution is 2.43. The van der Waals surface area contributed by atoms with Crippen molar-refractivity contribution in [1.29, 1.82) is 0 Å². The summed E-state index contributed by atoms with van der Waals surface area (Å²) >= 11 is 0. The van der Waals surface area contributed by atoms with Gasteiger partial charge in [0.1, 0.15) is 11.2 Å². The van der Waals surface area contributed by atoms with Crippen LogP contribution in [0.5, 0.6) is 0 Å². The number of nitrogens with zero attached hydrogens (tertiary/aromatic N) is 1. The molecule has 1 aliphatic carbocycles. The second-order valence-corrected chi connectivity index (χ2v) is 10.0. The molecular formula is C25H39NO8. The van der Waals surface area contributed by atoms with Gasteiger partial charge in [0, 0.05) is 6.08 Å². The van der Waals surface area contributed by atoms with E-state index >= 15 is 0 Å². The molecule has 0 radical (unpaired) electrons. The topological polar surface area (TPSA) is 108 Å². The van der Waals surface area contributed by atoms with Crippen LogP contribution in [0.2, 0.25) is 0 Å². The van der Waals surface area contributed by atoms with E-state index in [-0.39, 0.29) is 13.2 Å². The molecule has 0 bridgehead atoms. The number of hydrogen-bond donors (Lipinski definition) is 0. The molecule has 4 atom stereocenters. The average molecular weight is 482 g/mol. The van der Waals surface area contributed by atoms with Crippen LogP contribution in [0.4, 0.5) is 9.59 Å². The molecule has 0 aromatic rings. The van der Waals surface area contributed by atoms with E-state index in [0.29, 0.717) is 6.42 Å². The summed E-state index contributed by atoms with van der Waals surface area (Å²) in [7, 11) is 0. The lowest BCUT2D eigenvalue weighted by Gasteiger charge is -2.35. The van der Waals surface area contributed by atoms with Gasteiger partial charge >= 0.3 is 24.1 Å². The largest absolute Gasteiger partial charge is 0.466 e. The summed E-state index contributed by atoms with van der Waals surface area (Å²) in [6.45, 7) is 17.5. The summed E-state index contributed by atoms with van der Waals surface area (Å²) in [5.74, 6) is -3.13. The van der Waals surface area contributed by atoms with Gasteiger partial charge in [-0.1, -0.05) is 12.2 Å². The number of rotatable bonds is 7. The fourth-order valence-electron chi connectivity index (χ4n) is 3.79. The Morgan fingerprint density at radius 2 is 1.38 bits per heavy atom. The maximum absolute atomic E-state index is 13.2. The minimum absolute atomic E-state index is 0.105. The standard InChI is InChI=1S/C25H39NO8/c1-10-16-15-17(13-14-18(27)31-11-2)19(21(28)32-12-3)20(16)26(22(29)33-24(4,5)6)23(30)34-25(7,8)9/h10,13-14,16-17,19-20H,1,11-12,15H2,2-9H3/b14-13+/t16-,17+,19-,20+/m1/s1. The van der Waals surface area contributed by atoms with E-state index in [2.05, 4.69) is 6.58 Å². The molecule has 0 unspecified atom stereocenters. The zero-order chi connectivity index (χ0) is 26.3. The molecule has 1 saturated carbocycles. The van der Waals surface area contributed by atoms with Gasteiger partial charge in [0.25, 0.3) is 0 Å². The van der Waals surface area contributed by atoms with Gasteiger partial charge in [-0.3, -0.25) is 4.79 Å². The number of amides is 2. The van der Waals surface area contributed by atoms with E-state index in [4.69, 9.17) is 18.9 Å². The normalized spacial score (nSPS) is 22.7. The van der Waals surface area contributed by atoms with Gasteiger partial charge in [-0.15, -0.1) is 6.58 Å². The minimum atomic E-state index is -0.988. The number of hydrogen-bond acceptors (Lipinski definition) is 8. The highest BCUT2D eigenvalue weighted by Gasteiger charge is 2.53. The Kier molecular flexibility index (Phi) is 10.3. The summed E-state index contributed by atoms with van der Waals surface area (Å²) in [6, 6.07) is -0.988. The van der Waals surface area contributed by atoms with Crippen molar-refractivity contribution < 1.29 is 38.1 Å². The molecule has 2 amide bonds. The van der Waals surface area contributed by atoms with Crippen molar-refractivity contribution in [2.24, 2.45) is 17.8 Å². The van der Waals surface area contributed by atoms with Gasteiger partial charge in [-0.2, -0.15) is 0 Å². The zero-order valence-electron chi connectivity index (χ0n) is 21.6. The average Bonchev–Trinajstić information content (AvgIpc) is 3.02. The van der Waals surface area contributed by atoms with Crippen molar-refractivity contribution in [3.63, 3.8) is 0 Å². The van der Waals surface area contributed by atoms with Gasteiger partial charge in [-0.25, -0.2) is 19.3 Å². The molecule has 0 N–H and O–H groups in total. The number of imide groups is 1. The number of allylic oxidation sites excluding steroid dienone is 1. The van der Waals surface area contributed by atoms with Crippen LogP contribution in [-0.2, 0) is 28.5 Å². The quantitative estimate of drug-likeness (QED) is 0.224. The van der Waals surface area contributed by atoms with Crippen molar-refractivity contribution in [3.05, 3.63) is 24.8 Å². The first-order chi connectivity index (χ1) is 15.6. The molecule has 9 nitrogen and oxygen atoms in total. The molecule has 0 aliphatic heterocycles. The van der Waals surface area contributed by atoms with Crippen LogP contribution in [0.1, 0.15) is 61.8 Å². The van der Waals surface area contributed by atoms with Crippen molar-refractivity contribution >= 4 is 24.1 Å². The Morgan fingerprint density at radius 3 is 1.79 bits per heavy atom. The van der Waals surface area contributed by atoms with Crippen molar-refractivity contribution in [2.75, 3.05) is 13.2 Å². The lowest BCUT2D eigenvalue weighted by Crippen LogP contribution is -2.54. The molecule has 192 valence electrons. The summed E-state index contributed by atoms with van der Waals surface area (Å²) in [6.07, 6.45) is 2.84. The SMILES string of the molecule is C=C[C@@H]1C[C@H](/C=C/C(=O)OCC)[C@@H](C(=O)OCC)[C@H]1N(C(=O)OC(C)(C)C)C(=O)OC(C)(C)C. The molecule has 0 aromatic heterocycles. The van der Waals surface area contributed by atoms with Crippen molar-refractivity contribution in [1.82, 2.24) is 4.90 Å². The monoisotopic (exact) mass is 481 g/mol. The molecule has 34 heavy (non-hydrogen) atoms. The number of carbonyl (C=O) groups is 4. The van der Waals surface area contributed by atoms with Crippen LogP contribution in [0.15, 0.2) is 24.8 Å². The Hall–Kier alpha value is -2.84. The van der Waals surface area contributed by atoms with Crippen molar-refractivity contribution in [3.8, 4) is 0 Å². The van der Waals surface area contributed by atoms with E-state index in [1.807, 2.05) is 0 Å². The predicted octanol–water partition coefficient (Wildman–Crippen LogP) is 4.65. The predicted molar refractivity (Wildman–Crippen MR) is 126 cm³/mol. The summed E-state index contributed by atoms with van der Waals surface area (Å²) in [4.78, 5) is 52.3. The van der Waals surface area contributed by atoms with E-state index in [1.165, 1.54) is 6.08 Å². The lowest BCUT2D eigenvalue weighted by molar-refractivity contribution is -0.150. The highest BCUT2D eigenvalue weighted by atomic mass is 16.6. The molecule has 1 fully saturated rings. The van der Waals surface area contributed by atoms with E-state index in [1.54, 1.807) is 67.5 Å². The van der Waals surface area contributed by atoms with Crippen LogP contribution < -0.4 is 0 Å². The van der Waals surface area contributed by atoms with Crippen LogP contribution in [0.25, 0.3) is 0 Å². The second-order valence-electron chi connectivity index (χ2n) is 10.0. The van der Waals surface area contributed by atoms with Gasteiger partial charge in [0.05, 0.1) is 25.2 Å². The highest BCUT2D eigenvalue weighted by molar-refractivity contribution is 5.90. The summed E-state index contributed by atoms with van der Waals surface area (Å²) in [5.41, 5.74) is -1.80. The van der Waals surface area contributed by atoms with Crippen molar-refractivity contribution in [2.45, 2.75) is 79.1 Å². The Labute approximate surface area is 202 Å². The molecule has 0 heterocycles. The molecular weight excluding hydrogens is 442 g/mol. The summed E-state index contributed by atoms with van der Waals surface area (Å²) < 4.78 is 21.2. The Morgan fingerprint density at radius 1 is 0.882 bits per heavy atom. The fraction of sp³-hybridized carbons (Fsp3) is 0.680.